The normalized spacial score (nSPS) is 13.7. The molecule has 2 aromatic rings. The van der Waals surface area contributed by atoms with E-state index in [1.165, 1.54) is 11.8 Å². The van der Waals surface area contributed by atoms with E-state index in [1.807, 2.05) is 35.0 Å². The lowest BCUT2D eigenvalue weighted by Crippen LogP contribution is -2.43. The van der Waals surface area contributed by atoms with Crippen LogP contribution in [-0.2, 0) is 16.1 Å². The van der Waals surface area contributed by atoms with Crippen LogP contribution in [0.25, 0.3) is 0 Å². The molecule has 7 heteroatoms. The van der Waals surface area contributed by atoms with Crippen LogP contribution in [0, 0.1) is 0 Å². The van der Waals surface area contributed by atoms with Crippen LogP contribution in [0.4, 0.5) is 5.69 Å². The van der Waals surface area contributed by atoms with Gasteiger partial charge < -0.3 is 14.8 Å². The Hall–Kier alpha value is -2.28. The van der Waals surface area contributed by atoms with Crippen molar-refractivity contribution < 1.29 is 9.59 Å². The number of fused-ring (bicyclic) bond motifs is 1. The molecule has 3 rings (SSSR count). The van der Waals surface area contributed by atoms with Crippen molar-refractivity contribution in [3.05, 3.63) is 43.0 Å². The molecule has 1 aliphatic rings. The second kappa shape index (κ2) is 7.32. The van der Waals surface area contributed by atoms with Crippen molar-refractivity contribution in [2.45, 2.75) is 17.9 Å². The second-order valence-corrected chi connectivity index (χ2v) is 6.26. The molecule has 1 aromatic heterocycles. The molecule has 2 amide bonds. The number of thioether (sulfide) groups is 1. The van der Waals surface area contributed by atoms with E-state index in [0.717, 1.165) is 23.5 Å². The van der Waals surface area contributed by atoms with Gasteiger partial charge in [-0.15, -0.1) is 11.8 Å². The number of anilines is 1. The van der Waals surface area contributed by atoms with Gasteiger partial charge in [-0.2, -0.15) is 0 Å². The minimum Gasteiger partial charge on any atom is -0.354 e. The molecule has 23 heavy (non-hydrogen) atoms. The van der Waals surface area contributed by atoms with Crippen molar-refractivity contribution in [2.75, 3.05) is 23.7 Å². The smallest absolute Gasteiger partial charge is 0.240 e. The molecule has 1 aromatic carbocycles. The van der Waals surface area contributed by atoms with Gasteiger partial charge in [0.25, 0.3) is 0 Å². The molecule has 0 aliphatic carbocycles. The average molecular weight is 330 g/mol. The molecule has 1 N–H and O–H groups in total. The molecule has 1 aliphatic heterocycles. The molecular formula is C16H18N4O2S. The molecule has 2 heterocycles. The first-order valence-electron chi connectivity index (χ1n) is 7.48. The lowest BCUT2D eigenvalue weighted by molar-refractivity contribution is -0.123. The monoisotopic (exact) mass is 330 g/mol. The summed E-state index contributed by atoms with van der Waals surface area (Å²) in [5, 5.41) is 2.87. The number of aryl methyl sites for hydroxylation is 1. The van der Waals surface area contributed by atoms with Crippen molar-refractivity contribution in [1.29, 1.82) is 0 Å². The fourth-order valence-corrected chi connectivity index (χ4v) is 3.37. The summed E-state index contributed by atoms with van der Waals surface area (Å²) in [5.41, 5.74) is 0.822. The van der Waals surface area contributed by atoms with Gasteiger partial charge in [-0.1, -0.05) is 12.1 Å². The van der Waals surface area contributed by atoms with E-state index in [1.54, 1.807) is 17.4 Å². The molecule has 0 radical (unpaired) electrons. The highest BCUT2D eigenvalue weighted by Gasteiger charge is 2.25. The number of rotatable bonds is 6. The molecule has 0 atom stereocenters. The summed E-state index contributed by atoms with van der Waals surface area (Å²) in [4.78, 5) is 30.8. The first kappa shape index (κ1) is 15.6. The first-order chi connectivity index (χ1) is 11.2. The van der Waals surface area contributed by atoms with Gasteiger partial charge in [0.05, 0.1) is 17.8 Å². The lowest BCUT2D eigenvalue weighted by Gasteiger charge is -2.28. The number of para-hydroxylation sites is 1. The molecule has 0 bridgehead atoms. The summed E-state index contributed by atoms with van der Waals surface area (Å²) in [5.74, 6) is 0.221. The van der Waals surface area contributed by atoms with Crippen molar-refractivity contribution in [1.82, 2.24) is 14.9 Å². The highest BCUT2D eigenvalue weighted by Crippen LogP contribution is 2.34. The number of hydrogen-bond acceptors (Lipinski definition) is 4. The zero-order valence-corrected chi connectivity index (χ0v) is 13.5. The number of amides is 2. The van der Waals surface area contributed by atoms with Crippen LogP contribution in [0.5, 0.6) is 0 Å². The number of nitrogens with zero attached hydrogens (tertiary/aromatic N) is 3. The van der Waals surface area contributed by atoms with Crippen LogP contribution >= 0.6 is 11.8 Å². The fourth-order valence-electron chi connectivity index (χ4n) is 2.44. The van der Waals surface area contributed by atoms with Gasteiger partial charge >= 0.3 is 0 Å². The maximum absolute atomic E-state index is 12.1. The topological polar surface area (TPSA) is 67.2 Å². The maximum atomic E-state index is 12.1. The van der Waals surface area contributed by atoms with Crippen LogP contribution in [0.3, 0.4) is 0 Å². The largest absolute Gasteiger partial charge is 0.354 e. The van der Waals surface area contributed by atoms with Gasteiger partial charge in [0.2, 0.25) is 11.8 Å². The van der Waals surface area contributed by atoms with Gasteiger partial charge in [0.1, 0.15) is 6.54 Å². The van der Waals surface area contributed by atoms with Gasteiger partial charge in [-0.3, -0.25) is 9.59 Å². The zero-order chi connectivity index (χ0) is 16.1. The number of nitrogens with one attached hydrogen (secondary N) is 1. The zero-order valence-electron chi connectivity index (χ0n) is 12.6. The Kier molecular flexibility index (Phi) is 4.97. The Morgan fingerprint density at radius 1 is 1.35 bits per heavy atom. The summed E-state index contributed by atoms with van der Waals surface area (Å²) in [6.07, 6.45) is 6.20. The minimum absolute atomic E-state index is 0.0257. The van der Waals surface area contributed by atoms with E-state index in [9.17, 15) is 9.59 Å². The molecule has 0 spiro atoms. The molecule has 0 saturated carbocycles. The van der Waals surface area contributed by atoms with Crippen molar-refractivity contribution >= 4 is 29.3 Å². The number of imidazole rings is 1. The molecule has 0 unspecified atom stereocenters. The Morgan fingerprint density at radius 2 is 2.22 bits per heavy atom. The third-order valence-corrected chi connectivity index (χ3v) is 4.63. The lowest BCUT2D eigenvalue weighted by atomic mass is 10.2. The van der Waals surface area contributed by atoms with Crippen LogP contribution < -0.4 is 10.2 Å². The van der Waals surface area contributed by atoms with Crippen LogP contribution in [0.1, 0.15) is 6.42 Å². The average Bonchev–Trinajstić information content (AvgIpc) is 3.08. The molecule has 0 fully saturated rings. The Morgan fingerprint density at radius 3 is 3.04 bits per heavy atom. The standard InChI is InChI=1S/C16H18N4O2S/c21-15(18-6-3-8-19-9-7-17-12-19)10-20-13-4-1-2-5-14(13)23-11-16(20)22/h1-2,4-5,7,9,12H,3,6,8,10-11H2,(H,18,21). The van der Waals surface area contributed by atoms with Gasteiger partial charge in [-0.25, -0.2) is 4.98 Å². The van der Waals surface area contributed by atoms with E-state index >= 15 is 0 Å². The van der Waals surface area contributed by atoms with E-state index < -0.39 is 0 Å². The molecule has 0 saturated heterocycles. The fraction of sp³-hybridized carbons (Fsp3) is 0.312. The van der Waals surface area contributed by atoms with E-state index in [4.69, 9.17) is 0 Å². The Balaban J connectivity index is 1.50. The first-order valence-corrected chi connectivity index (χ1v) is 8.47. The maximum Gasteiger partial charge on any atom is 0.240 e. The highest BCUT2D eigenvalue weighted by atomic mass is 32.2. The Bertz CT molecular complexity index is 687. The number of hydrogen-bond donors (Lipinski definition) is 1. The van der Waals surface area contributed by atoms with Crippen molar-refractivity contribution in [2.24, 2.45) is 0 Å². The second-order valence-electron chi connectivity index (χ2n) is 5.24. The van der Waals surface area contributed by atoms with Gasteiger partial charge in [-0.05, 0) is 18.6 Å². The number of carbonyl (C=O) groups is 2. The van der Waals surface area contributed by atoms with Crippen molar-refractivity contribution in [3.8, 4) is 0 Å². The summed E-state index contributed by atoms with van der Waals surface area (Å²) in [7, 11) is 0. The number of carbonyl (C=O) groups excluding carboxylic acids is 2. The minimum atomic E-state index is -0.134. The predicted molar refractivity (Wildman–Crippen MR) is 89.4 cm³/mol. The Labute approximate surface area is 138 Å². The quantitative estimate of drug-likeness (QED) is 0.816. The molecule has 120 valence electrons. The summed E-state index contributed by atoms with van der Waals surface area (Å²) in [6, 6.07) is 7.68. The highest BCUT2D eigenvalue weighted by molar-refractivity contribution is 8.00. The van der Waals surface area contributed by atoms with Crippen LogP contribution in [-0.4, -0.2) is 40.2 Å². The van der Waals surface area contributed by atoms with Gasteiger partial charge in [0, 0.05) is 30.4 Å². The third kappa shape index (κ3) is 3.92. The van der Waals surface area contributed by atoms with E-state index in [2.05, 4.69) is 10.3 Å². The molecular weight excluding hydrogens is 312 g/mol. The molecule has 6 nitrogen and oxygen atoms in total. The SMILES string of the molecule is O=C(CN1C(=O)CSc2ccccc21)NCCCn1ccnc1. The van der Waals surface area contributed by atoms with E-state index in [-0.39, 0.29) is 18.4 Å². The predicted octanol–water partition coefficient (Wildman–Crippen LogP) is 1.53. The number of benzene rings is 1. The van der Waals surface area contributed by atoms with Crippen molar-refractivity contribution in [3.63, 3.8) is 0 Å². The summed E-state index contributed by atoms with van der Waals surface area (Å²) < 4.78 is 1.97. The summed E-state index contributed by atoms with van der Waals surface area (Å²) in [6.45, 7) is 1.46. The van der Waals surface area contributed by atoms with Gasteiger partial charge in [0.15, 0.2) is 0 Å². The van der Waals surface area contributed by atoms with E-state index in [0.29, 0.717) is 12.3 Å². The van der Waals surface area contributed by atoms with Crippen LogP contribution in [0.2, 0.25) is 0 Å². The summed E-state index contributed by atoms with van der Waals surface area (Å²) >= 11 is 1.52. The van der Waals surface area contributed by atoms with Crippen LogP contribution in [0.15, 0.2) is 47.9 Å². The number of aromatic nitrogens is 2. The third-order valence-electron chi connectivity index (χ3n) is 3.58.